The summed E-state index contributed by atoms with van der Waals surface area (Å²) < 4.78 is 21.0. The zero-order valence-electron chi connectivity index (χ0n) is 10.6. The average Bonchev–Trinajstić information content (AvgIpc) is 2.37. The van der Waals surface area contributed by atoms with Gasteiger partial charge in [0.2, 0.25) is 0 Å². The molecular weight excluding hydrogens is 224 g/mol. The molecular formula is C12H20O5. The van der Waals surface area contributed by atoms with Gasteiger partial charge >= 0.3 is 5.97 Å². The molecule has 0 spiro atoms. The molecule has 5 heteroatoms. The van der Waals surface area contributed by atoms with Crippen LogP contribution in [-0.4, -0.2) is 51.7 Å². The molecule has 0 aromatic carbocycles. The first-order valence-electron chi connectivity index (χ1n) is 5.52. The smallest absolute Gasteiger partial charge is 0.338 e. The van der Waals surface area contributed by atoms with Crippen molar-refractivity contribution >= 4 is 5.97 Å². The molecule has 1 aliphatic rings. The summed E-state index contributed by atoms with van der Waals surface area (Å²) in [5.74, 6) is -0.394. The zero-order valence-corrected chi connectivity index (χ0v) is 10.6. The van der Waals surface area contributed by atoms with E-state index in [1.54, 1.807) is 20.3 Å². The minimum Gasteiger partial charge on any atom is -0.467 e. The number of hydrogen-bond acceptors (Lipinski definition) is 5. The molecule has 0 bridgehead atoms. The minimum atomic E-state index is -0.994. The third kappa shape index (κ3) is 2.86. The Balaban J connectivity index is 2.86. The van der Waals surface area contributed by atoms with Crippen molar-refractivity contribution in [2.45, 2.75) is 30.7 Å². The third-order valence-electron chi connectivity index (χ3n) is 3.11. The van der Waals surface area contributed by atoms with Gasteiger partial charge in [-0.15, -0.1) is 6.58 Å². The molecule has 1 rings (SSSR count). The number of carbonyl (C=O) groups is 1. The van der Waals surface area contributed by atoms with Gasteiger partial charge in [-0.05, 0) is 0 Å². The van der Waals surface area contributed by atoms with Gasteiger partial charge < -0.3 is 18.9 Å². The van der Waals surface area contributed by atoms with Gasteiger partial charge in [0.05, 0.1) is 19.8 Å². The van der Waals surface area contributed by atoms with Crippen molar-refractivity contribution < 1.29 is 23.7 Å². The molecule has 1 aliphatic heterocycles. The molecule has 0 aromatic rings. The number of esters is 1. The third-order valence-corrected chi connectivity index (χ3v) is 3.11. The molecule has 0 aliphatic carbocycles. The maximum atomic E-state index is 11.8. The normalized spacial score (nSPS) is 33.1. The van der Waals surface area contributed by atoms with E-state index in [-0.39, 0.29) is 12.2 Å². The molecule has 0 saturated carbocycles. The molecule has 0 amide bonds. The SMILES string of the molecule is C=CC[C@@]1(C(=O)OC)C[C@H](OC)[C@@H](OC)CO1. The van der Waals surface area contributed by atoms with Gasteiger partial charge in [-0.1, -0.05) is 6.08 Å². The van der Waals surface area contributed by atoms with E-state index in [0.717, 1.165) is 0 Å². The summed E-state index contributed by atoms with van der Waals surface area (Å²) in [4.78, 5) is 11.8. The van der Waals surface area contributed by atoms with Crippen LogP contribution in [0.1, 0.15) is 12.8 Å². The Morgan fingerprint density at radius 2 is 2.06 bits per heavy atom. The van der Waals surface area contributed by atoms with E-state index in [9.17, 15) is 4.79 Å². The van der Waals surface area contributed by atoms with E-state index in [0.29, 0.717) is 19.4 Å². The summed E-state index contributed by atoms with van der Waals surface area (Å²) in [5.41, 5.74) is -0.994. The van der Waals surface area contributed by atoms with Crippen molar-refractivity contribution in [1.82, 2.24) is 0 Å². The minimum absolute atomic E-state index is 0.164. The molecule has 1 saturated heterocycles. The Hall–Kier alpha value is -0.910. The number of ether oxygens (including phenoxy) is 4. The first-order valence-corrected chi connectivity index (χ1v) is 5.52. The van der Waals surface area contributed by atoms with E-state index >= 15 is 0 Å². The summed E-state index contributed by atoms with van der Waals surface area (Å²) in [6, 6.07) is 0. The molecule has 17 heavy (non-hydrogen) atoms. The monoisotopic (exact) mass is 244 g/mol. The lowest BCUT2D eigenvalue weighted by Gasteiger charge is -2.41. The van der Waals surface area contributed by atoms with Crippen molar-refractivity contribution in [3.05, 3.63) is 12.7 Å². The van der Waals surface area contributed by atoms with Crippen molar-refractivity contribution in [1.29, 1.82) is 0 Å². The Bertz CT molecular complexity index is 278. The Morgan fingerprint density at radius 3 is 2.53 bits per heavy atom. The van der Waals surface area contributed by atoms with E-state index in [1.807, 2.05) is 0 Å². The van der Waals surface area contributed by atoms with Crippen LogP contribution in [0.3, 0.4) is 0 Å². The summed E-state index contributed by atoms with van der Waals surface area (Å²) >= 11 is 0. The predicted molar refractivity (Wildman–Crippen MR) is 61.7 cm³/mol. The first kappa shape index (κ1) is 14.2. The van der Waals surface area contributed by atoms with Crippen LogP contribution in [0, 0.1) is 0 Å². The van der Waals surface area contributed by atoms with Crippen LogP contribution in [0.25, 0.3) is 0 Å². The van der Waals surface area contributed by atoms with Crippen molar-refractivity contribution in [3.8, 4) is 0 Å². The zero-order chi connectivity index (χ0) is 12.9. The Labute approximate surface area is 102 Å². The van der Waals surface area contributed by atoms with E-state index in [4.69, 9.17) is 18.9 Å². The standard InChI is InChI=1S/C12H20O5/c1-5-6-12(11(13)16-4)7-9(14-2)10(15-3)8-17-12/h5,9-10H,1,6-8H2,2-4H3/t9-,10-,12-/m0/s1. The van der Waals surface area contributed by atoms with Gasteiger partial charge in [-0.25, -0.2) is 4.79 Å². The van der Waals surface area contributed by atoms with Crippen molar-refractivity contribution in [2.24, 2.45) is 0 Å². The highest BCUT2D eigenvalue weighted by Gasteiger charge is 2.48. The summed E-state index contributed by atoms with van der Waals surface area (Å²) in [6.45, 7) is 3.95. The molecule has 5 nitrogen and oxygen atoms in total. The maximum absolute atomic E-state index is 11.8. The highest BCUT2D eigenvalue weighted by atomic mass is 16.6. The van der Waals surface area contributed by atoms with Gasteiger partial charge in [0.1, 0.15) is 6.10 Å². The highest BCUT2D eigenvalue weighted by Crippen LogP contribution is 2.32. The molecule has 0 unspecified atom stereocenters. The van der Waals surface area contributed by atoms with E-state index < -0.39 is 11.6 Å². The number of rotatable bonds is 5. The van der Waals surface area contributed by atoms with Gasteiger partial charge in [0.15, 0.2) is 5.60 Å². The molecule has 1 fully saturated rings. The lowest BCUT2D eigenvalue weighted by atomic mass is 9.87. The van der Waals surface area contributed by atoms with Crippen LogP contribution < -0.4 is 0 Å². The quantitative estimate of drug-likeness (QED) is 0.532. The summed E-state index contributed by atoms with van der Waals surface area (Å²) in [5, 5.41) is 0. The maximum Gasteiger partial charge on any atom is 0.338 e. The number of methoxy groups -OCH3 is 3. The first-order chi connectivity index (χ1) is 8.13. The topological polar surface area (TPSA) is 54.0 Å². The Morgan fingerprint density at radius 1 is 1.41 bits per heavy atom. The second kappa shape index (κ2) is 6.14. The number of hydrogen-bond donors (Lipinski definition) is 0. The van der Waals surface area contributed by atoms with Crippen LogP contribution in [0.5, 0.6) is 0 Å². The molecule has 1 heterocycles. The fourth-order valence-electron chi connectivity index (χ4n) is 2.11. The second-order valence-corrected chi connectivity index (χ2v) is 4.04. The van der Waals surface area contributed by atoms with Crippen LogP contribution in [0.15, 0.2) is 12.7 Å². The average molecular weight is 244 g/mol. The van der Waals surface area contributed by atoms with Crippen molar-refractivity contribution in [3.63, 3.8) is 0 Å². The predicted octanol–water partition coefficient (Wildman–Crippen LogP) is 0.925. The van der Waals surface area contributed by atoms with E-state index in [2.05, 4.69) is 6.58 Å². The second-order valence-electron chi connectivity index (χ2n) is 4.04. The molecule has 98 valence electrons. The summed E-state index contributed by atoms with van der Waals surface area (Å²) in [7, 11) is 4.54. The van der Waals surface area contributed by atoms with Crippen LogP contribution in [0.2, 0.25) is 0 Å². The fourth-order valence-corrected chi connectivity index (χ4v) is 2.11. The molecule has 0 N–H and O–H groups in total. The summed E-state index contributed by atoms with van der Waals surface area (Å²) in [6.07, 6.45) is 2.10. The van der Waals surface area contributed by atoms with Crippen LogP contribution >= 0.6 is 0 Å². The van der Waals surface area contributed by atoms with E-state index in [1.165, 1.54) is 7.11 Å². The van der Waals surface area contributed by atoms with Gasteiger partial charge in [-0.2, -0.15) is 0 Å². The van der Waals surface area contributed by atoms with Gasteiger partial charge in [0, 0.05) is 27.1 Å². The fraction of sp³-hybridized carbons (Fsp3) is 0.750. The lowest BCUT2D eigenvalue weighted by molar-refractivity contribution is -0.207. The highest BCUT2D eigenvalue weighted by molar-refractivity contribution is 5.80. The number of carbonyl (C=O) groups excluding carboxylic acids is 1. The van der Waals surface area contributed by atoms with Crippen LogP contribution in [-0.2, 0) is 23.7 Å². The van der Waals surface area contributed by atoms with Crippen LogP contribution in [0.4, 0.5) is 0 Å². The molecule has 3 atom stereocenters. The Kier molecular flexibility index (Phi) is 5.11. The van der Waals surface area contributed by atoms with Crippen molar-refractivity contribution in [2.75, 3.05) is 27.9 Å². The van der Waals surface area contributed by atoms with Gasteiger partial charge in [-0.3, -0.25) is 0 Å². The van der Waals surface area contributed by atoms with Gasteiger partial charge in [0.25, 0.3) is 0 Å². The largest absolute Gasteiger partial charge is 0.467 e. The molecule has 0 aromatic heterocycles. The molecule has 0 radical (unpaired) electrons. The lowest BCUT2D eigenvalue weighted by Crippen LogP contribution is -2.55.